The van der Waals surface area contributed by atoms with Crippen LogP contribution in [0.3, 0.4) is 0 Å². The minimum Gasteiger partial charge on any atom is -0.354 e. The van der Waals surface area contributed by atoms with Gasteiger partial charge in [-0.1, -0.05) is 58.5 Å². The molecule has 192 valence electrons. The summed E-state index contributed by atoms with van der Waals surface area (Å²) in [7, 11) is -3.81. The number of rotatable bonds is 11. The molecule has 0 heterocycles. The second-order valence-corrected chi connectivity index (χ2v) is 11.8. The van der Waals surface area contributed by atoms with E-state index in [1.54, 1.807) is 43.3 Å². The second-order valence-electron chi connectivity index (χ2n) is 8.25. The monoisotopic (exact) mass is 605 g/mol. The predicted octanol–water partition coefficient (Wildman–Crippen LogP) is 5.16. The lowest BCUT2D eigenvalue weighted by Gasteiger charge is -2.32. The Kier molecular flexibility index (Phi) is 10.9. The van der Waals surface area contributed by atoms with Crippen LogP contribution in [0.1, 0.15) is 37.8 Å². The summed E-state index contributed by atoms with van der Waals surface area (Å²) in [5.41, 5.74) is 1.63. The van der Waals surface area contributed by atoms with Gasteiger partial charge in [0, 0.05) is 33.2 Å². The van der Waals surface area contributed by atoms with Gasteiger partial charge in [-0.05, 0) is 56.2 Å². The van der Waals surface area contributed by atoms with Gasteiger partial charge in [0.15, 0.2) is 0 Å². The normalized spacial score (nSPS) is 12.2. The number of benzene rings is 2. The molecule has 2 amide bonds. The first-order chi connectivity index (χ1) is 16.4. The van der Waals surface area contributed by atoms with E-state index in [1.807, 2.05) is 13.8 Å². The molecule has 2 aromatic rings. The highest BCUT2D eigenvalue weighted by atomic mass is 79.9. The van der Waals surface area contributed by atoms with Crippen LogP contribution in [0.15, 0.2) is 40.9 Å². The van der Waals surface area contributed by atoms with E-state index in [9.17, 15) is 18.0 Å². The Hall–Kier alpha value is -1.81. The number of halogens is 3. The number of unbranched alkanes of at least 4 members (excludes halogenated alkanes) is 1. The van der Waals surface area contributed by atoms with Crippen LogP contribution in [0.4, 0.5) is 5.69 Å². The molecule has 0 fully saturated rings. The summed E-state index contributed by atoms with van der Waals surface area (Å²) in [4.78, 5) is 27.7. The molecule has 7 nitrogen and oxygen atoms in total. The number of carbonyl (C=O) groups excluding carboxylic acids is 2. The zero-order valence-corrected chi connectivity index (χ0v) is 24.1. The molecule has 0 aliphatic carbocycles. The number of anilines is 1. The van der Waals surface area contributed by atoms with Crippen molar-refractivity contribution in [3.8, 4) is 0 Å². The van der Waals surface area contributed by atoms with Crippen molar-refractivity contribution < 1.29 is 18.0 Å². The summed E-state index contributed by atoms with van der Waals surface area (Å²) in [6, 6.07) is 9.09. The molecule has 1 N–H and O–H groups in total. The molecule has 0 aliphatic heterocycles. The first-order valence-corrected chi connectivity index (χ1v) is 14.5. The van der Waals surface area contributed by atoms with Crippen molar-refractivity contribution in [2.75, 3.05) is 23.7 Å². The van der Waals surface area contributed by atoms with Crippen molar-refractivity contribution in [1.82, 2.24) is 10.2 Å². The number of aryl methyl sites for hydroxylation is 1. The maximum Gasteiger partial charge on any atom is 0.244 e. The van der Waals surface area contributed by atoms with Crippen molar-refractivity contribution in [1.29, 1.82) is 0 Å². The summed E-state index contributed by atoms with van der Waals surface area (Å²) in [6.45, 7) is 5.35. The molecule has 11 heteroatoms. The topological polar surface area (TPSA) is 86.8 Å². The minimum atomic E-state index is -3.81. The molecule has 0 saturated heterocycles. The van der Waals surface area contributed by atoms with Crippen molar-refractivity contribution in [3.63, 3.8) is 0 Å². The smallest absolute Gasteiger partial charge is 0.244 e. The van der Waals surface area contributed by atoms with Gasteiger partial charge in [-0.15, -0.1) is 0 Å². The lowest BCUT2D eigenvalue weighted by atomic mass is 10.1. The van der Waals surface area contributed by atoms with Crippen molar-refractivity contribution in [2.24, 2.45) is 0 Å². The SMILES string of the molecule is CCCCNC(=O)C(C)N(Cc1c(Cl)cccc1Cl)C(=O)CN(c1ccc(Br)c(C)c1)S(C)(=O)=O. The Morgan fingerprint density at radius 3 is 2.31 bits per heavy atom. The highest BCUT2D eigenvalue weighted by Gasteiger charge is 2.31. The van der Waals surface area contributed by atoms with E-state index < -0.39 is 28.5 Å². The fourth-order valence-electron chi connectivity index (χ4n) is 3.37. The first kappa shape index (κ1) is 29.4. The molecule has 35 heavy (non-hydrogen) atoms. The molecule has 0 radical (unpaired) electrons. The number of sulfonamides is 1. The number of hydrogen-bond donors (Lipinski definition) is 1. The van der Waals surface area contributed by atoms with Gasteiger partial charge in [0.2, 0.25) is 21.8 Å². The van der Waals surface area contributed by atoms with Crippen molar-refractivity contribution >= 4 is 66.7 Å². The Bertz CT molecular complexity index is 1160. The van der Waals surface area contributed by atoms with Gasteiger partial charge in [0.25, 0.3) is 0 Å². The van der Waals surface area contributed by atoms with Crippen LogP contribution in [-0.4, -0.2) is 50.5 Å². The van der Waals surface area contributed by atoms with Crippen molar-refractivity contribution in [3.05, 3.63) is 62.0 Å². The largest absolute Gasteiger partial charge is 0.354 e. The Balaban J connectivity index is 2.43. The highest BCUT2D eigenvalue weighted by Crippen LogP contribution is 2.28. The molecule has 0 bridgehead atoms. The molecule has 0 saturated carbocycles. The number of hydrogen-bond acceptors (Lipinski definition) is 4. The van der Waals surface area contributed by atoms with Gasteiger partial charge in [-0.25, -0.2) is 8.42 Å². The number of carbonyl (C=O) groups is 2. The van der Waals surface area contributed by atoms with E-state index in [0.717, 1.165) is 33.4 Å². The van der Waals surface area contributed by atoms with Crippen LogP contribution in [0.2, 0.25) is 10.0 Å². The summed E-state index contributed by atoms with van der Waals surface area (Å²) < 4.78 is 27.1. The Morgan fingerprint density at radius 1 is 1.14 bits per heavy atom. The van der Waals surface area contributed by atoms with Crippen LogP contribution in [0.25, 0.3) is 0 Å². The Labute approximate surface area is 225 Å². The van der Waals surface area contributed by atoms with Crippen LogP contribution in [0.5, 0.6) is 0 Å². The van der Waals surface area contributed by atoms with Crippen LogP contribution < -0.4 is 9.62 Å². The summed E-state index contributed by atoms with van der Waals surface area (Å²) >= 11 is 16.1. The number of nitrogens with one attached hydrogen (secondary N) is 1. The molecule has 1 unspecified atom stereocenters. The molecule has 0 aromatic heterocycles. The highest BCUT2D eigenvalue weighted by molar-refractivity contribution is 9.10. The van der Waals surface area contributed by atoms with E-state index in [-0.39, 0.29) is 12.5 Å². The second kappa shape index (κ2) is 12.9. The fraction of sp³-hybridized carbons (Fsp3) is 0.417. The third-order valence-electron chi connectivity index (χ3n) is 5.50. The minimum absolute atomic E-state index is 0.0589. The van der Waals surface area contributed by atoms with Crippen molar-refractivity contribution in [2.45, 2.75) is 46.2 Å². The third kappa shape index (κ3) is 8.10. The summed E-state index contributed by atoms with van der Waals surface area (Å²) in [6.07, 6.45) is 2.74. The molecular formula is C24H30BrCl2N3O4S. The van der Waals surface area contributed by atoms with Crippen LogP contribution in [0, 0.1) is 6.92 Å². The Morgan fingerprint density at radius 2 is 1.77 bits per heavy atom. The van der Waals surface area contributed by atoms with Gasteiger partial charge in [-0.3, -0.25) is 13.9 Å². The average molecular weight is 607 g/mol. The maximum absolute atomic E-state index is 13.6. The zero-order valence-electron chi connectivity index (χ0n) is 20.1. The lowest BCUT2D eigenvalue weighted by Crippen LogP contribution is -2.51. The third-order valence-corrected chi connectivity index (χ3v) is 8.23. The van der Waals surface area contributed by atoms with Gasteiger partial charge in [-0.2, -0.15) is 0 Å². The summed E-state index contributed by atoms with van der Waals surface area (Å²) in [5.74, 6) is -0.912. The van der Waals surface area contributed by atoms with E-state index in [2.05, 4.69) is 21.2 Å². The van der Waals surface area contributed by atoms with Gasteiger partial charge in [0.05, 0.1) is 11.9 Å². The van der Waals surface area contributed by atoms with Crippen LogP contribution >= 0.6 is 39.1 Å². The predicted molar refractivity (Wildman–Crippen MR) is 145 cm³/mol. The summed E-state index contributed by atoms with van der Waals surface area (Å²) in [5, 5.41) is 3.52. The van der Waals surface area contributed by atoms with E-state index in [1.165, 1.54) is 4.90 Å². The molecule has 0 aliphatic rings. The standard InChI is InChI=1S/C24H30BrCl2N3O4S/c1-5-6-12-28-24(32)17(3)29(14-19-21(26)8-7-9-22(19)27)23(31)15-30(35(4,33)34)18-10-11-20(25)16(2)13-18/h7-11,13,17H,5-6,12,14-15H2,1-4H3,(H,28,32). The number of nitrogens with zero attached hydrogens (tertiary/aromatic N) is 2. The van der Waals surface area contributed by atoms with Gasteiger partial charge < -0.3 is 10.2 Å². The molecule has 2 rings (SSSR count). The van der Waals surface area contributed by atoms with E-state index in [0.29, 0.717) is 27.8 Å². The molecule has 1 atom stereocenters. The van der Waals surface area contributed by atoms with Gasteiger partial charge in [0.1, 0.15) is 12.6 Å². The van der Waals surface area contributed by atoms with E-state index in [4.69, 9.17) is 23.2 Å². The van der Waals surface area contributed by atoms with E-state index >= 15 is 0 Å². The zero-order chi connectivity index (χ0) is 26.3. The fourth-order valence-corrected chi connectivity index (χ4v) is 4.98. The maximum atomic E-state index is 13.6. The molecule has 0 spiro atoms. The average Bonchev–Trinajstić information content (AvgIpc) is 2.78. The first-order valence-electron chi connectivity index (χ1n) is 11.1. The lowest BCUT2D eigenvalue weighted by molar-refractivity contribution is -0.139. The molecule has 2 aromatic carbocycles. The molecular weight excluding hydrogens is 577 g/mol. The number of amides is 2. The quantitative estimate of drug-likeness (QED) is 0.358. The van der Waals surface area contributed by atoms with Gasteiger partial charge >= 0.3 is 0 Å². The van der Waals surface area contributed by atoms with Crippen LogP contribution in [-0.2, 0) is 26.2 Å².